The first kappa shape index (κ1) is 11.1. The first-order valence-electron chi connectivity index (χ1n) is 5.09. The molecule has 0 aliphatic carbocycles. The number of hydrogen-bond donors (Lipinski definition) is 1. The second kappa shape index (κ2) is 5.01. The van der Waals surface area contributed by atoms with Gasteiger partial charge >= 0.3 is 0 Å². The Bertz CT molecular complexity index is 288. The zero-order valence-electron chi connectivity index (χ0n) is 8.98. The molecule has 0 saturated heterocycles. The lowest BCUT2D eigenvalue weighted by molar-refractivity contribution is 0.127. The highest BCUT2D eigenvalue weighted by Gasteiger charge is 2.12. The molecule has 2 nitrogen and oxygen atoms in total. The van der Waals surface area contributed by atoms with Crippen molar-refractivity contribution in [3.8, 4) is 0 Å². The maximum Gasteiger partial charge on any atom is 0.0827 e. The highest BCUT2D eigenvalue weighted by molar-refractivity contribution is 5.14. The van der Waals surface area contributed by atoms with Crippen molar-refractivity contribution in [1.82, 2.24) is 4.57 Å². The molecule has 1 heterocycles. The second-order valence-electron chi connectivity index (χ2n) is 3.95. The van der Waals surface area contributed by atoms with Crippen LogP contribution in [-0.2, 0) is 6.54 Å². The van der Waals surface area contributed by atoms with E-state index in [1.165, 1.54) is 0 Å². The molecule has 0 aliphatic heterocycles. The van der Waals surface area contributed by atoms with Gasteiger partial charge in [0.15, 0.2) is 0 Å². The molecule has 0 radical (unpaired) electrons. The molecule has 0 fully saturated rings. The van der Waals surface area contributed by atoms with Crippen molar-refractivity contribution in [1.29, 1.82) is 0 Å². The number of aromatic nitrogens is 1. The molecule has 0 amide bonds. The van der Waals surface area contributed by atoms with Crippen molar-refractivity contribution in [3.05, 3.63) is 36.7 Å². The number of rotatable bonds is 5. The molecule has 1 N–H and O–H groups in total. The molecule has 2 heteroatoms. The summed E-state index contributed by atoms with van der Waals surface area (Å²) in [6.45, 7) is 8.66. The fourth-order valence-corrected chi connectivity index (χ4v) is 1.40. The molecule has 0 saturated carbocycles. The Kier molecular flexibility index (Phi) is 3.96. The Morgan fingerprint density at radius 1 is 1.57 bits per heavy atom. The number of hydrogen-bond acceptors (Lipinski definition) is 1. The summed E-state index contributed by atoms with van der Waals surface area (Å²) in [5, 5.41) is 9.80. The molecule has 0 spiro atoms. The minimum absolute atomic E-state index is 0.269. The van der Waals surface area contributed by atoms with Crippen LogP contribution in [-0.4, -0.2) is 9.67 Å². The quantitative estimate of drug-likeness (QED) is 0.715. The van der Waals surface area contributed by atoms with Crippen LogP contribution in [0.5, 0.6) is 0 Å². The van der Waals surface area contributed by atoms with E-state index in [4.69, 9.17) is 0 Å². The van der Waals surface area contributed by atoms with Crippen molar-refractivity contribution in [2.75, 3.05) is 0 Å². The van der Waals surface area contributed by atoms with Gasteiger partial charge in [-0.25, -0.2) is 0 Å². The van der Waals surface area contributed by atoms with E-state index in [2.05, 4.69) is 11.1 Å². The maximum atomic E-state index is 9.80. The zero-order valence-corrected chi connectivity index (χ0v) is 8.98. The van der Waals surface area contributed by atoms with Gasteiger partial charge in [0, 0.05) is 18.9 Å². The second-order valence-corrected chi connectivity index (χ2v) is 3.95. The zero-order chi connectivity index (χ0) is 10.6. The molecular formula is C12H19NO. The van der Waals surface area contributed by atoms with E-state index in [9.17, 15) is 5.11 Å². The van der Waals surface area contributed by atoms with Gasteiger partial charge in [0.2, 0.25) is 0 Å². The van der Waals surface area contributed by atoms with E-state index >= 15 is 0 Å². The molecule has 14 heavy (non-hydrogen) atoms. The molecule has 1 aromatic rings. The summed E-state index contributed by atoms with van der Waals surface area (Å²) in [6.07, 6.45) is 6.53. The van der Waals surface area contributed by atoms with E-state index in [1.807, 2.05) is 38.4 Å². The molecule has 1 rings (SSSR count). The Labute approximate surface area is 85.9 Å². The maximum absolute atomic E-state index is 9.80. The highest BCUT2D eigenvalue weighted by Crippen LogP contribution is 2.21. The van der Waals surface area contributed by atoms with Gasteiger partial charge in [-0.2, -0.15) is 0 Å². The first-order valence-corrected chi connectivity index (χ1v) is 5.09. The molecule has 0 bridgehead atoms. The Hall–Kier alpha value is -1.02. The average Bonchev–Trinajstić information content (AvgIpc) is 2.61. The molecule has 1 atom stereocenters. The van der Waals surface area contributed by atoms with Gasteiger partial charge in [-0.15, -0.1) is 6.58 Å². The third kappa shape index (κ3) is 2.74. The van der Waals surface area contributed by atoms with Gasteiger partial charge in [0.25, 0.3) is 0 Å². The molecule has 78 valence electrons. The summed E-state index contributed by atoms with van der Waals surface area (Å²) in [7, 11) is 0. The summed E-state index contributed by atoms with van der Waals surface area (Å²) < 4.78 is 2.09. The lowest BCUT2D eigenvalue weighted by Crippen LogP contribution is -2.04. The van der Waals surface area contributed by atoms with Crippen LogP contribution in [0.4, 0.5) is 0 Å². The highest BCUT2D eigenvalue weighted by atomic mass is 16.3. The van der Waals surface area contributed by atoms with Gasteiger partial charge < -0.3 is 9.67 Å². The van der Waals surface area contributed by atoms with Gasteiger partial charge in [-0.1, -0.05) is 19.9 Å². The first-order chi connectivity index (χ1) is 6.65. The van der Waals surface area contributed by atoms with Crippen LogP contribution < -0.4 is 0 Å². The van der Waals surface area contributed by atoms with Gasteiger partial charge in [0.05, 0.1) is 6.10 Å². The average molecular weight is 193 g/mol. The van der Waals surface area contributed by atoms with Crippen LogP contribution in [0.15, 0.2) is 31.1 Å². The Morgan fingerprint density at radius 3 is 2.86 bits per heavy atom. The van der Waals surface area contributed by atoms with Crippen molar-refractivity contribution in [2.24, 2.45) is 5.92 Å². The Balaban J connectivity index is 2.62. The van der Waals surface area contributed by atoms with Crippen LogP contribution >= 0.6 is 0 Å². The minimum atomic E-state index is -0.347. The van der Waals surface area contributed by atoms with Crippen molar-refractivity contribution in [2.45, 2.75) is 32.9 Å². The molecular weight excluding hydrogens is 174 g/mol. The number of allylic oxidation sites excluding steroid dienone is 1. The molecule has 0 aromatic carbocycles. The third-order valence-electron chi connectivity index (χ3n) is 2.34. The number of nitrogens with zero attached hydrogens (tertiary/aromatic N) is 1. The molecule has 1 unspecified atom stereocenters. The van der Waals surface area contributed by atoms with E-state index < -0.39 is 0 Å². The van der Waals surface area contributed by atoms with Gasteiger partial charge in [0.1, 0.15) is 0 Å². The monoisotopic (exact) mass is 193 g/mol. The standard InChI is InChI=1S/C12H19NO/c1-4-5-7-13-8-6-11(9-13)12(14)10(2)3/h4,6,8-10,12,14H,1,5,7H2,2-3H3. The van der Waals surface area contributed by atoms with Crippen LogP contribution in [0.3, 0.4) is 0 Å². The number of aliphatic hydroxyl groups excluding tert-OH is 1. The van der Waals surface area contributed by atoms with Crippen molar-refractivity contribution >= 4 is 0 Å². The SMILES string of the molecule is C=CCCn1ccc(C(O)C(C)C)c1. The van der Waals surface area contributed by atoms with E-state index in [1.54, 1.807) is 0 Å². The van der Waals surface area contributed by atoms with Crippen LogP contribution in [0, 0.1) is 5.92 Å². The summed E-state index contributed by atoms with van der Waals surface area (Å²) in [6, 6.07) is 1.98. The minimum Gasteiger partial charge on any atom is -0.388 e. The number of aliphatic hydroxyl groups is 1. The van der Waals surface area contributed by atoms with Gasteiger partial charge in [-0.05, 0) is 24.0 Å². The topological polar surface area (TPSA) is 25.2 Å². The lowest BCUT2D eigenvalue weighted by Gasteiger charge is -2.12. The fraction of sp³-hybridized carbons (Fsp3) is 0.500. The smallest absolute Gasteiger partial charge is 0.0827 e. The molecule has 1 aromatic heterocycles. The van der Waals surface area contributed by atoms with Crippen molar-refractivity contribution in [3.63, 3.8) is 0 Å². The van der Waals surface area contributed by atoms with E-state index in [0.29, 0.717) is 0 Å². The largest absolute Gasteiger partial charge is 0.388 e. The lowest BCUT2D eigenvalue weighted by atomic mass is 10.0. The van der Waals surface area contributed by atoms with Crippen LogP contribution in [0.25, 0.3) is 0 Å². The van der Waals surface area contributed by atoms with Crippen LogP contribution in [0.1, 0.15) is 31.9 Å². The van der Waals surface area contributed by atoms with E-state index in [0.717, 1.165) is 18.5 Å². The van der Waals surface area contributed by atoms with Crippen LogP contribution in [0.2, 0.25) is 0 Å². The van der Waals surface area contributed by atoms with Gasteiger partial charge in [-0.3, -0.25) is 0 Å². The summed E-state index contributed by atoms with van der Waals surface area (Å²) in [4.78, 5) is 0. The number of aryl methyl sites for hydroxylation is 1. The summed E-state index contributed by atoms with van der Waals surface area (Å²) in [5.74, 6) is 0.269. The van der Waals surface area contributed by atoms with Crippen molar-refractivity contribution < 1.29 is 5.11 Å². The fourth-order valence-electron chi connectivity index (χ4n) is 1.40. The predicted octanol–water partition coefficient (Wildman–Crippen LogP) is 2.75. The normalized spacial score (nSPS) is 13.1. The molecule has 0 aliphatic rings. The summed E-state index contributed by atoms with van der Waals surface area (Å²) >= 11 is 0. The Morgan fingerprint density at radius 2 is 2.29 bits per heavy atom. The third-order valence-corrected chi connectivity index (χ3v) is 2.34. The van der Waals surface area contributed by atoms with E-state index in [-0.39, 0.29) is 12.0 Å². The predicted molar refractivity (Wildman–Crippen MR) is 59.0 cm³/mol. The summed E-state index contributed by atoms with van der Waals surface area (Å²) in [5.41, 5.74) is 1.00.